The molecule has 0 N–H and O–H groups in total. The molecule has 0 fully saturated rings. The highest BCUT2D eigenvalue weighted by Gasteiger charge is 2.16. The fraction of sp³-hybridized carbons (Fsp3) is 0. The van der Waals surface area contributed by atoms with Crippen LogP contribution in [0.2, 0.25) is 0 Å². The van der Waals surface area contributed by atoms with Crippen LogP contribution in [0.1, 0.15) is 0 Å². The van der Waals surface area contributed by atoms with Gasteiger partial charge in [0.1, 0.15) is 11.2 Å². The normalized spacial score (nSPS) is 11.8. The molecule has 46 heavy (non-hydrogen) atoms. The minimum absolute atomic E-state index is 0.891. The summed E-state index contributed by atoms with van der Waals surface area (Å²) in [6, 6.07) is 51.8. The Hall–Kier alpha value is -6.12. The van der Waals surface area contributed by atoms with Gasteiger partial charge in [-0.25, -0.2) is 0 Å². The Morgan fingerprint density at radius 2 is 1.15 bits per heavy atom. The Morgan fingerprint density at radius 1 is 0.478 bits per heavy atom. The van der Waals surface area contributed by atoms with E-state index in [0.29, 0.717) is 0 Å². The molecule has 2 nitrogen and oxygen atoms in total. The fourth-order valence-electron chi connectivity index (χ4n) is 6.42. The third kappa shape index (κ3) is 4.96. The molecule has 2 heteroatoms. The van der Waals surface area contributed by atoms with E-state index in [9.17, 15) is 0 Å². The highest BCUT2D eigenvalue weighted by Crippen LogP contribution is 2.40. The predicted octanol–water partition coefficient (Wildman–Crippen LogP) is 12.6. The molecule has 0 bridgehead atoms. The average molecular weight is 590 g/mol. The molecule has 8 aromatic rings. The summed E-state index contributed by atoms with van der Waals surface area (Å²) >= 11 is 0. The summed E-state index contributed by atoms with van der Waals surface area (Å²) in [5.74, 6) is 0. The van der Waals surface area contributed by atoms with Crippen LogP contribution in [0.4, 0.5) is 11.4 Å². The smallest absolute Gasteiger partial charge is 0.136 e. The number of furan rings is 1. The van der Waals surface area contributed by atoms with Crippen molar-refractivity contribution in [3.63, 3.8) is 0 Å². The maximum absolute atomic E-state index is 6.31. The summed E-state index contributed by atoms with van der Waals surface area (Å²) in [5.41, 5.74) is 8.64. The molecule has 218 valence electrons. The van der Waals surface area contributed by atoms with Crippen LogP contribution in [0.25, 0.3) is 65.7 Å². The van der Waals surface area contributed by atoms with E-state index in [1.165, 1.54) is 32.7 Å². The second-order valence-corrected chi connectivity index (χ2v) is 11.4. The number of benzene rings is 7. The number of hydrogen-bond donors (Lipinski definition) is 0. The van der Waals surface area contributed by atoms with Crippen LogP contribution in [0, 0.1) is 0 Å². The molecule has 0 atom stereocenters. The second kappa shape index (κ2) is 11.8. The lowest BCUT2D eigenvalue weighted by Crippen LogP contribution is -2.09. The quantitative estimate of drug-likeness (QED) is 0.172. The number of rotatable bonds is 7. The highest BCUT2D eigenvalue weighted by atomic mass is 16.3. The number of fused-ring (bicyclic) bond motifs is 5. The third-order valence-electron chi connectivity index (χ3n) is 8.65. The van der Waals surface area contributed by atoms with Crippen LogP contribution < -0.4 is 4.90 Å². The van der Waals surface area contributed by atoms with Gasteiger partial charge in [-0.15, -0.1) is 0 Å². The Bertz CT molecular complexity index is 2440. The van der Waals surface area contributed by atoms with Crippen LogP contribution in [-0.4, -0.2) is 0 Å². The molecule has 0 saturated heterocycles. The Kier molecular flexibility index (Phi) is 7.01. The molecule has 0 amide bonds. The first-order valence-electron chi connectivity index (χ1n) is 15.5. The van der Waals surface area contributed by atoms with Crippen molar-refractivity contribution in [3.05, 3.63) is 183 Å². The maximum Gasteiger partial charge on any atom is 0.136 e. The Morgan fingerprint density at radius 3 is 2.00 bits per heavy atom. The molecule has 0 unspecified atom stereocenters. The minimum Gasteiger partial charge on any atom is -0.456 e. The lowest BCUT2D eigenvalue weighted by atomic mass is 9.97. The Labute approximate surface area is 268 Å². The van der Waals surface area contributed by atoms with E-state index in [1.807, 2.05) is 12.2 Å². The first-order valence-corrected chi connectivity index (χ1v) is 15.5. The molecular weight excluding hydrogens is 558 g/mol. The summed E-state index contributed by atoms with van der Waals surface area (Å²) in [6.45, 7) is 3.82. The van der Waals surface area contributed by atoms with E-state index in [-0.39, 0.29) is 0 Å². The summed E-state index contributed by atoms with van der Waals surface area (Å²) in [7, 11) is 0. The molecule has 1 aromatic heterocycles. The van der Waals surface area contributed by atoms with Crippen molar-refractivity contribution in [3.8, 4) is 22.3 Å². The number of hydrogen-bond acceptors (Lipinski definition) is 2. The summed E-state index contributed by atoms with van der Waals surface area (Å²) in [6.07, 6.45) is 9.89. The zero-order chi connectivity index (χ0) is 30.9. The van der Waals surface area contributed by atoms with Gasteiger partial charge in [-0.2, -0.15) is 0 Å². The van der Waals surface area contributed by atoms with Gasteiger partial charge in [0.25, 0.3) is 0 Å². The van der Waals surface area contributed by atoms with Crippen molar-refractivity contribution in [1.82, 2.24) is 0 Å². The van der Waals surface area contributed by atoms with Gasteiger partial charge < -0.3 is 9.32 Å². The first-order chi connectivity index (χ1) is 22.8. The van der Waals surface area contributed by atoms with Gasteiger partial charge in [-0.1, -0.05) is 128 Å². The molecule has 7 aromatic carbocycles. The lowest BCUT2D eigenvalue weighted by Gasteiger charge is -2.24. The second-order valence-electron chi connectivity index (χ2n) is 11.4. The lowest BCUT2D eigenvalue weighted by molar-refractivity contribution is 0.669. The van der Waals surface area contributed by atoms with Gasteiger partial charge in [0, 0.05) is 28.2 Å². The molecule has 0 radical (unpaired) electrons. The minimum atomic E-state index is 0.891. The standard InChI is InChI=1S/C44H31NO/c1-2-3-4-11-27-45(36-24-21-32(22-25-36)38-19-12-16-31-13-7-8-17-37(31)38)42-20-10-9-18-39(42)35-23-26-43-40(29-35)41-28-33-14-5-6-15-34(33)30-44(41)46-43/h2-30H,1H2/b4-3-,27-11+. The monoisotopic (exact) mass is 589 g/mol. The Balaban J connectivity index is 1.24. The van der Waals surface area contributed by atoms with Crippen molar-refractivity contribution in [1.29, 1.82) is 0 Å². The average Bonchev–Trinajstić information content (AvgIpc) is 3.47. The van der Waals surface area contributed by atoms with Crippen molar-refractivity contribution in [2.45, 2.75) is 0 Å². The van der Waals surface area contributed by atoms with Gasteiger partial charge in [0.15, 0.2) is 0 Å². The molecule has 0 aliphatic carbocycles. The van der Waals surface area contributed by atoms with Gasteiger partial charge in [0.2, 0.25) is 0 Å². The molecule has 0 saturated carbocycles. The van der Waals surface area contributed by atoms with Gasteiger partial charge >= 0.3 is 0 Å². The number of anilines is 2. The number of para-hydroxylation sites is 1. The van der Waals surface area contributed by atoms with Crippen molar-refractivity contribution < 1.29 is 4.42 Å². The highest BCUT2D eigenvalue weighted by molar-refractivity contribution is 6.11. The van der Waals surface area contributed by atoms with Crippen LogP contribution in [0.5, 0.6) is 0 Å². The topological polar surface area (TPSA) is 16.4 Å². The van der Waals surface area contributed by atoms with E-state index < -0.39 is 0 Å². The van der Waals surface area contributed by atoms with Gasteiger partial charge in [-0.3, -0.25) is 0 Å². The van der Waals surface area contributed by atoms with Crippen molar-refractivity contribution in [2.24, 2.45) is 0 Å². The van der Waals surface area contributed by atoms with Crippen LogP contribution in [0.15, 0.2) is 187 Å². The largest absolute Gasteiger partial charge is 0.456 e. The maximum atomic E-state index is 6.31. The zero-order valence-electron chi connectivity index (χ0n) is 25.3. The first kappa shape index (κ1) is 27.4. The van der Waals surface area contributed by atoms with Crippen LogP contribution in [-0.2, 0) is 0 Å². The SMILES string of the molecule is C=C/C=C\C=C\N(c1ccc(-c2cccc3ccccc23)cc1)c1ccccc1-c1ccc2oc3cc4ccccc4cc3c2c1. The van der Waals surface area contributed by atoms with E-state index in [0.717, 1.165) is 44.4 Å². The molecule has 0 spiro atoms. The molecule has 0 aliphatic heterocycles. The predicted molar refractivity (Wildman–Crippen MR) is 197 cm³/mol. The fourth-order valence-corrected chi connectivity index (χ4v) is 6.42. The van der Waals surface area contributed by atoms with E-state index >= 15 is 0 Å². The molecule has 8 rings (SSSR count). The summed E-state index contributed by atoms with van der Waals surface area (Å²) < 4.78 is 6.31. The van der Waals surface area contributed by atoms with Crippen LogP contribution in [0.3, 0.4) is 0 Å². The van der Waals surface area contributed by atoms with Gasteiger partial charge in [0.05, 0.1) is 5.69 Å². The van der Waals surface area contributed by atoms with E-state index in [4.69, 9.17) is 4.42 Å². The zero-order valence-corrected chi connectivity index (χ0v) is 25.3. The van der Waals surface area contributed by atoms with E-state index in [1.54, 1.807) is 6.08 Å². The van der Waals surface area contributed by atoms with Crippen molar-refractivity contribution >= 4 is 54.9 Å². The summed E-state index contributed by atoms with van der Waals surface area (Å²) in [5, 5.41) is 7.13. The molecule has 0 aliphatic rings. The van der Waals surface area contributed by atoms with E-state index in [2.05, 4.69) is 169 Å². The molecule has 1 heterocycles. The summed E-state index contributed by atoms with van der Waals surface area (Å²) in [4.78, 5) is 2.25. The molecular formula is C44H31NO. The number of allylic oxidation sites excluding steroid dienone is 4. The third-order valence-corrected chi connectivity index (χ3v) is 8.65. The van der Waals surface area contributed by atoms with Gasteiger partial charge in [-0.05, 0) is 86.8 Å². The van der Waals surface area contributed by atoms with Crippen molar-refractivity contribution in [2.75, 3.05) is 4.90 Å². The van der Waals surface area contributed by atoms with Crippen LogP contribution >= 0.6 is 0 Å². The number of nitrogens with zero attached hydrogens (tertiary/aromatic N) is 1.